The number of hydrogen-bond donors (Lipinski definition) is 9. The van der Waals surface area contributed by atoms with E-state index < -0.39 is 23.5 Å². The summed E-state index contributed by atoms with van der Waals surface area (Å²) in [6, 6.07) is 0. The minimum Gasteiger partial charge on any atom is 0 e. The zero-order valence-corrected chi connectivity index (χ0v) is 15.3. The van der Waals surface area contributed by atoms with E-state index in [0.717, 1.165) is 0 Å². The van der Waals surface area contributed by atoms with Crippen molar-refractivity contribution in [2.24, 2.45) is 0 Å². The summed E-state index contributed by atoms with van der Waals surface area (Å²) in [7, 11) is -13.9. The fourth-order valence-corrected chi connectivity index (χ4v) is 0. The fraction of sp³-hybridized carbons (Fsp3) is 0. The van der Waals surface area contributed by atoms with E-state index in [1.165, 1.54) is 0 Å². The molecule has 0 aromatic heterocycles. The van der Waals surface area contributed by atoms with Crippen LogP contribution in [0.3, 0.4) is 0 Å². The van der Waals surface area contributed by atoms with Crippen LogP contribution in [-0.2, 0) is 82.0 Å². The normalized spacial score (nSPS) is 8.05. The second kappa shape index (κ2) is 29.9. The van der Waals surface area contributed by atoms with Crippen molar-refractivity contribution in [1.82, 2.24) is 0 Å². The van der Waals surface area contributed by atoms with Gasteiger partial charge in [0.05, 0.1) is 0 Å². The Bertz CT molecular complexity index is 228. The van der Waals surface area contributed by atoms with Crippen molar-refractivity contribution in [2.45, 2.75) is 0 Å². The molecule has 0 fully saturated rings. The molecule has 0 unspecified atom stereocenters. The molecular weight excluding hydrogens is 527 g/mol. The maximum absolute atomic E-state index is 8.88. The topological polar surface area (TPSA) is 233 Å². The molecule has 0 aromatic rings. The molecule has 0 bridgehead atoms. The Morgan fingerprint density at radius 3 is 0.409 bits per heavy atom. The summed E-state index contributed by atoms with van der Waals surface area (Å²) in [4.78, 5) is 64.7. The minimum atomic E-state index is -4.64. The van der Waals surface area contributed by atoms with Gasteiger partial charge in [-0.05, 0) is 0 Å². The Balaban J connectivity index is -0.0000000106. The summed E-state index contributed by atoms with van der Waals surface area (Å²) in [6.07, 6.45) is 0. The van der Waals surface area contributed by atoms with Crippen molar-refractivity contribution < 1.29 is 126 Å². The fourth-order valence-electron chi connectivity index (χ4n) is 0. The summed E-state index contributed by atoms with van der Waals surface area (Å²) < 4.78 is 26.6. The predicted octanol–water partition coefficient (Wildman–Crippen LogP) is -4.74. The van der Waals surface area contributed by atoms with Crippen molar-refractivity contribution in [3.8, 4) is 0 Å². The van der Waals surface area contributed by atoms with Gasteiger partial charge >= 0.3 is 80.0 Å². The largest absolute Gasteiger partial charge is 0 e. The Kier molecular flexibility index (Phi) is 86.3. The van der Waals surface area contributed by atoms with Gasteiger partial charge < -0.3 is 44.0 Å². The van der Waals surface area contributed by atoms with Gasteiger partial charge in [0, 0.05) is 68.3 Å². The van der Waals surface area contributed by atoms with E-state index in [1.807, 2.05) is 0 Å². The first-order valence-electron chi connectivity index (χ1n) is 2.35. The van der Waals surface area contributed by atoms with Crippen LogP contribution in [0.15, 0.2) is 0 Å². The number of phosphoric acid groups is 3. The van der Waals surface area contributed by atoms with Gasteiger partial charge in [0.1, 0.15) is 0 Å². The monoisotopic (exact) mass is 540 g/mol. The molecule has 132 valence electrons. The first-order chi connectivity index (χ1) is 6.00. The molecule has 0 saturated heterocycles. The summed E-state index contributed by atoms with van der Waals surface area (Å²) in [5.74, 6) is 0. The molecule has 0 aliphatic heterocycles. The van der Waals surface area contributed by atoms with Gasteiger partial charge in [0.25, 0.3) is 0 Å². The van der Waals surface area contributed by atoms with Crippen LogP contribution >= 0.6 is 23.5 Å². The second-order valence-corrected chi connectivity index (χ2v) is 4.62. The van der Waals surface area contributed by atoms with E-state index in [2.05, 4.69) is 0 Å². The van der Waals surface area contributed by atoms with Crippen LogP contribution in [0.2, 0.25) is 0 Å². The maximum atomic E-state index is 8.88. The third-order valence-electron chi connectivity index (χ3n) is 0. The van der Waals surface area contributed by atoms with Gasteiger partial charge in [0.2, 0.25) is 0 Å². The number of hydrogen-bond acceptors (Lipinski definition) is 3. The smallest absolute Gasteiger partial charge is 0 e. The van der Waals surface area contributed by atoms with E-state index >= 15 is 0 Å². The first kappa shape index (κ1) is 63.4. The van der Waals surface area contributed by atoms with Crippen molar-refractivity contribution in [1.29, 1.82) is 0 Å². The molecule has 0 aromatic carbocycles. The van der Waals surface area contributed by atoms with Gasteiger partial charge in [-0.15, -0.1) is 0 Å². The molecule has 22 heteroatoms. The zero-order chi connectivity index (χ0) is 13.5. The van der Waals surface area contributed by atoms with E-state index in [9.17, 15) is 0 Å². The van der Waals surface area contributed by atoms with E-state index in [1.54, 1.807) is 0 Å². The molecule has 2 radical (unpaired) electrons. The molecule has 0 heterocycles. The van der Waals surface area contributed by atoms with E-state index in [0.29, 0.717) is 0 Å². The predicted molar refractivity (Wildman–Crippen MR) is 64.2 cm³/mol. The molecule has 0 saturated carbocycles. The first-order valence-corrected chi connectivity index (χ1v) is 7.04. The summed E-state index contributed by atoms with van der Waals surface area (Å²) in [5.41, 5.74) is 0. The van der Waals surface area contributed by atoms with Crippen LogP contribution in [0.4, 0.5) is 0 Å². The molecular formula is H12Fe2Li3Mn2O12P3. The molecule has 12 nitrogen and oxygen atoms in total. The average Bonchev–Trinajstić information content (AvgIpc) is 1.41. The Morgan fingerprint density at radius 1 is 0.409 bits per heavy atom. The Morgan fingerprint density at radius 2 is 0.409 bits per heavy atom. The molecule has 0 spiro atoms. The molecule has 22 heavy (non-hydrogen) atoms. The van der Waals surface area contributed by atoms with Crippen LogP contribution in [-0.4, -0.2) is 101 Å². The third-order valence-corrected chi connectivity index (χ3v) is 0. The maximum Gasteiger partial charge on any atom is 0 e. The van der Waals surface area contributed by atoms with Crippen LogP contribution in [0.5, 0.6) is 0 Å². The molecule has 0 aliphatic carbocycles. The molecule has 0 atom stereocenters. The standard InChI is InChI=1S/2Fe.3Li.2Mn.3H3O4P.3H/c;;;;;;;3*1-5(2,3)4;;;/h;;;;;;;3*(H3,1,2,3,4);;;. The Labute approximate surface area is 203 Å². The Hall–Kier alpha value is 4.20. The zero-order valence-electron chi connectivity index (χ0n) is 8.05. The SMILES string of the molecule is O=P(O)(O)O.O=P(O)(O)O.O=P(O)(O)O.[Fe].[Fe].[LiH].[LiH].[LiH].[Mn].[Mn]. The molecule has 0 rings (SSSR count). The summed E-state index contributed by atoms with van der Waals surface area (Å²) in [6.45, 7) is 0. The van der Waals surface area contributed by atoms with Crippen LogP contribution in [0.25, 0.3) is 0 Å². The summed E-state index contributed by atoms with van der Waals surface area (Å²) >= 11 is 0. The van der Waals surface area contributed by atoms with E-state index in [4.69, 9.17) is 57.7 Å². The van der Waals surface area contributed by atoms with Crippen LogP contribution in [0.1, 0.15) is 0 Å². The summed E-state index contributed by atoms with van der Waals surface area (Å²) in [5, 5.41) is 0. The van der Waals surface area contributed by atoms with Crippen molar-refractivity contribution in [3.05, 3.63) is 0 Å². The van der Waals surface area contributed by atoms with Crippen molar-refractivity contribution >= 4 is 80.0 Å². The molecule has 9 N–H and O–H groups in total. The van der Waals surface area contributed by atoms with Gasteiger partial charge in [-0.3, -0.25) is 0 Å². The van der Waals surface area contributed by atoms with Gasteiger partial charge in [-0.1, -0.05) is 0 Å². The van der Waals surface area contributed by atoms with Crippen LogP contribution < -0.4 is 0 Å². The van der Waals surface area contributed by atoms with Crippen molar-refractivity contribution in [2.75, 3.05) is 0 Å². The third kappa shape index (κ3) is 738. The van der Waals surface area contributed by atoms with Gasteiger partial charge in [-0.25, -0.2) is 13.7 Å². The van der Waals surface area contributed by atoms with E-state index in [-0.39, 0.29) is 125 Å². The number of rotatable bonds is 0. The minimum absolute atomic E-state index is 0. The average molecular weight is 539 g/mol. The molecule has 0 aliphatic rings. The van der Waals surface area contributed by atoms with Crippen molar-refractivity contribution in [3.63, 3.8) is 0 Å². The second-order valence-electron chi connectivity index (χ2n) is 1.54. The van der Waals surface area contributed by atoms with Gasteiger partial charge in [-0.2, -0.15) is 0 Å². The van der Waals surface area contributed by atoms with Gasteiger partial charge in [0.15, 0.2) is 0 Å². The molecule has 0 amide bonds. The van der Waals surface area contributed by atoms with Crippen LogP contribution in [0, 0.1) is 0 Å². The quantitative estimate of drug-likeness (QED) is 0.104.